The van der Waals surface area contributed by atoms with E-state index in [0.29, 0.717) is 24.7 Å². The third kappa shape index (κ3) is 5.18. The summed E-state index contributed by atoms with van der Waals surface area (Å²) in [6.45, 7) is 10.2. The highest BCUT2D eigenvalue weighted by molar-refractivity contribution is 5.85. The molecule has 1 aliphatic rings. The molecule has 2 aromatic rings. The lowest BCUT2D eigenvalue weighted by Gasteiger charge is -2.49. The summed E-state index contributed by atoms with van der Waals surface area (Å²) in [6.07, 6.45) is 0.872. The van der Waals surface area contributed by atoms with E-state index in [1.54, 1.807) is 45.2 Å². The summed E-state index contributed by atoms with van der Waals surface area (Å²) in [4.78, 5) is 18.1. The van der Waals surface area contributed by atoms with Gasteiger partial charge in [0.15, 0.2) is 5.82 Å². The number of β-amino-alcohol motifs (C(OH)–C–C–N with tert-alkyl or cyclic N) is 1. The average molecular weight is 417 g/mol. The minimum Gasteiger partial charge on any atom is -0.457 e. The molecule has 3 rings (SSSR count). The Morgan fingerprint density at radius 1 is 1.23 bits per heavy atom. The number of hydrogen-bond donors (Lipinski definition) is 2. The zero-order chi connectivity index (χ0) is 22.1. The lowest BCUT2D eigenvalue weighted by molar-refractivity contribution is -0.0304. The third-order valence-electron chi connectivity index (χ3n) is 4.86. The average Bonchev–Trinajstić information content (AvgIpc) is 2.60. The van der Waals surface area contributed by atoms with Crippen molar-refractivity contribution in [3.8, 4) is 11.5 Å². The Morgan fingerprint density at radius 3 is 2.50 bits per heavy atom. The van der Waals surface area contributed by atoms with Crippen LogP contribution in [0.4, 0.5) is 20.7 Å². The highest BCUT2D eigenvalue weighted by Crippen LogP contribution is 2.34. The van der Waals surface area contributed by atoms with Crippen LogP contribution in [0.15, 0.2) is 36.5 Å². The molecule has 1 amide bonds. The first-order valence-electron chi connectivity index (χ1n) is 9.86. The van der Waals surface area contributed by atoms with Gasteiger partial charge in [-0.3, -0.25) is 5.32 Å². The summed E-state index contributed by atoms with van der Waals surface area (Å²) < 4.78 is 25.3. The molecule has 0 radical (unpaired) electrons. The number of rotatable bonds is 5. The predicted octanol–water partition coefficient (Wildman–Crippen LogP) is 4.57. The van der Waals surface area contributed by atoms with Crippen molar-refractivity contribution >= 4 is 17.6 Å². The molecule has 2 N–H and O–H groups in total. The Labute approximate surface area is 175 Å². The minimum atomic E-state index is -0.732. The Hall–Kier alpha value is -2.87. The van der Waals surface area contributed by atoms with Gasteiger partial charge in [-0.25, -0.2) is 14.2 Å². The maximum atomic E-state index is 14.4. The van der Waals surface area contributed by atoms with E-state index in [1.807, 2.05) is 18.7 Å². The van der Waals surface area contributed by atoms with E-state index in [-0.39, 0.29) is 17.4 Å². The van der Waals surface area contributed by atoms with Crippen LogP contribution in [0, 0.1) is 11.7 Å². The highest BCUT2D eigenvalue weighted by atomic mass is 19.1. The second-order valence-electron chi connectivity index (χ2n) is 8.83. The third-order valence-corrected chi connectivity index (χ3v) is 4.86. The lowest BCUT2D eigenvalue weighted by atomic mass is 9.83. The van der Waals surface area contributed by atoms with Crippen molar-refractivity contribution in [1.29, 1.82) is 0 Å². The smallest absolute Gasteiger partial charge is 0.412 e. The van der Waals surface area contributed by atoms with Gasteiger partial charge in [-0.1, -0.05) is 13.8 Å². The molecule has 1 aliphatic heterocycles. The van der Waals surface area contributed by atoms with Gasteiger partial charge in [-0.2, -0.15) is 0 Å². The summed E-state index contributed by atoms with van der Waals surface area (Å²) in [6, 6.07) is 7.56. The molecule has 7 nitrogen and oxygen atoms in total. The van der Waals surface area contributed by atoms with E-state index in [4.69, 9.17) is 9.47 Å². The summed E-state index contributed by atoms with van der Waals surface area (Å²) in [7, 11) is 0. The molecule has 1 aromatic heterocycles. The molecule has 0 atom stereocenters. The summed E-state index contributed by atoms with van der Waals surface area (Å²) in [5, 5.41) is 12.8. The first kappa shape index (κ1) is 21.8. The van der Waals surface area contributed by atoms with Crippen LogP contribution in [0.2, 0.25) is 0 Å². The van der Waals surface area contributed by atoms with Crippen LogP contribution in [0.5, 0.6) is 11.5 Å². The lowest BCUT2D eigenvalue weighted by Crippen LogP contribution is -2.65. The first-order chi connectivity index (χ1) is 13.9. The van der Waals surface area contributed by atoms with Crippen LogP contribution < -0.4 is 15.0 Å². The molecule has 8 heteroatoms. The topological polar surface area (TPSA) is 83.9 Å². The number of amides is 1. The number of aromatic nitrogens is 1. The number of pyridine rings is 1. The van der Waals surface area contributed by atoms with Crippen molar-refractivity contribution in [2.45, 2.75) is 45.8 Å². The Balaban J connectivity index is 1.65. The van der Waals surface area contributed by atoms with Gasteiger partial charge in [0.2, 0.25) is 0 Å². The fourth-order valence-corrected chi connectivity index (χ4v) is 2.99. The van der Waals surface area contributed by atoms with Crippen molar-refractivity contribution in [1.82, 2.24) is 4.98 Å². The molecule has 0 unspecified atom stereocenters. The molecule has 1 aromatic carbocycles. The number of nitrogens with one attached hydrogen (secondary N) is 1. The Bertz CT molecular complexity index is 921. The summed E-state index contributed by atoms with van der Waals surface area (Å²) in [5.74, 6) is 0.969. The standard InChI is InChI=1S/C22H28FN3O4/c1-14(2)22(28)12-26(13-22)19-11-16(8-9-24-19)29-15-6-7-18(17(23)10-15)25-20(27)30-21(3,4)5/h6-11,14,28H,12-13H2,1-5H3,(H,25,27). The number of hydrogen-bond acceptors (Lipinski definition) is 6. The maximum Gasteiger partial charge on any atom is 0.412 e. The molecule has 0 saturated carbocycles. The SMILES string of the molecule is CC(C)C1(O)CN(c2cc(Oc3ccc(NC(=O)OC(C)(C)C)c(F)c3)ccn2)C1. The molecule has 30 heavy (non-hydrogen) atoms. The Kier molecular flexibility index (Phi) is 5.90. The van der Waals surface area contributed by atoms with E-state index >= 15 is 0 Å². The number of aliphatic hydroxyl groups is 1. The van der Waals surface area contributed by atoms with Crippen LogP contribution in [-0.2, 0) is 4.74 Å². The fraction of sp³-hybridized carbons (Fsp3) is 0.455. The van der Waals surface area contributed by atoms with Crippen LogP contribution in [0.25, 0.3) is 0 Å². The zero-order valence-corrected chi connectivity index (χ0v) is 17.9. The molecule has 0 spiro atoms. The molecule has 0 aliphatic carbocycles. The monoisotopic (exact) mass is 417 g/mol. The van der Waals surface area contributed by atoms with Crippen molar-refractivity contribution in [2.75, 3.05) is 23.3 Å². The summed E-state index contributed by atoms with van der Waals surface area (Å²) >= 11 is 0. The van der Waals surface area contributed by atoms with Gasteiger partial charge in [0.05, 0.1) is 18.8 Å². The molecule has 0 bridgehead atoms. The number of ether oxygens (including phenoxy) is 2. The number of carbonyl (C=O) groups excluding carboxylic acids is 1. The van der Waals surface area contributed by atoms with E-state index in [9.17, 15) is 14.3 Å². The first-order valence-corrected chi connectivity index (χ1v) is 9.86. The van der Waals surface area contributed by atoms with Crippen LogP contribution >= 0.6 is 0 Å². The van der Waals surface area contributed by atoms with Crippen LogP contribution in [-0.4, -0.2) is 40.5 Å². The Morgan fingerprint density at radius 2 is 1.90 bits per heavy atom. The van der Waals surface area contributed by atoms with E-state index in [0.717, 1.165) is 0 Å². The van der Waals surface area contributed by atoms with Crippen LogP contribution in [0.3, 0.4) is 0 Å². The van der Waals surface area contributed by atoms with Crippen molar-refractivity contribution < 1.29 is 23.8 Å². The number of carbonyl (C=O) groups is 1. The molecular formula is C22H28FN3O4. The zero-order valence-electron chi connectivity index (χ0n) is 17.9. The molecule has 2 heterocycles. The largest absolute Gasteiger partial charge is 0.457 e. The van der Waals surface area contributed by atoms with Gasteiger partial charge < -0.3 is 19.5 Å². The van der Waals surface area contributed by atoms with Crippen molar-refractivity contribution in [2.24, 2.45) is 5.92 Å². The van der Waals surface area contributed by atoms with E-state index < -0.39 is 23.1 Å². The molecule has 162 valence electrons. The normalized spacial score (nSPS) is 15.5. The molecule has 1 fully saturated rings. The van der Waals surface area contributed by atoms with Crippen molar-refractivity contribution in [3.63, 3.8) is 0 Å². The van der Waals surface area contributed by atoms with E-state index in [2.05, 4.69) is 10.3 Å². The second kappa shape index (κ2) is 8.10. The number of halogens is 1. The highest BCUT2D eigenvalue weighted by Gasteiger charge is 2.44. The second-order valence-corrected chi connectivity index (χ2v) is 8.83. The van der Waals surface area contributed by atoms with Gasteiger partial charge in [-0.15, -0.1) is 0 Å². The fourth-order valence-electron chi connectivity index (χ4n) is 2.99. The van der Waals surface area contributed by atoms with Gasteiger partial charge in [0.25, 0.3) is 0 Å². The van der Waals surface area contributed by atoms with Gasteiger partial charge in [0, 0.05) is 18.3 Å². The summed E-state index contributed by atoms with van der Waals surface area (Å²) in [5.41, 5.74) is -1.39. The number of benzene rings is 1. The van der Waals surface area contributed by atoms with Gasteiger partial charge in [0.1, 0.15) is 28.5 Å². The maximum absolute atomic E-state index is 14.4. The molecule has 1 saturated heterocycles. The van der Waals surface area contributed by atoms with Crippen molar-refractivity contribution in [3.05, 3.63) is 42.3 Å². The quantitative estimate of drug-likeness (QED) is 0.742. The number of nitrogens with zero attached hydrogens (tertiary/aromatic N) is 2. The van der Waals surface area contributed by atoms with Crippen LogP contribution in [0.1, 0.15) is 34.6 Å². The van der Waals surface area contributed by atoms with Gasteiger partial charge >= 0.3 is 6.09 Å². The van der Waals surface area contributed by atoms with Gasteiger partial charge in [-0.05, 0) is 44.9 Å². The number of anilines is 2. The minimum absolute atomic E-state index is 0.000526. The predicted molar refractivity (Wildman–Crippen MR) is 113 cm³/mol. The van der Waals surface area contributed by atoms with E-state index in [1.165, 1.54) is 12.1 Å². The molecular weight excluding hydrogens is 389 g/mol.